The molecular weight excluding hydrogens is 352 g/mol. The average Bonchev–Trinajstić information content (AvgIpc) is 2.63. The summed E-state index contributed by atoms with van der Waals surface area (Å²) in [4.78, 5) is 23.8. The number of amides is 2. The van der Waals surface area contributed by atoms with Crippen molar-refractivity contribution in [3.63, 3.8) is 0 Å². The van der Waals surface area contributed by atoms with Gasteiger partial charge >= 0.3 is 0 Å². The fraction of sp³-hybridized carbons (Fsp3) is 0.300. The van der Waals surface area contributed by atoms with Crippen LogP contribution in [0.3, 0.4) is 0 Å². The lowest BCUT2D eigenvalue weighted by Crippen LogP contribution is -2.37. The van der Waals surface area contributed by atoms with E-state index < -0.39 is 6.10 Å². The minimum Gasteiger partial charge on any atom is -0.479 e. The summed E-state index contributed by atoms with van der Waals surface area (Å²) >= 11 is 6.05. The zero-order valence-electron chi connectivity index (χ0n) is 15.1. The fourth-order valence-electron chi connectivity index (χ4n) is 2.30. The smallest absolute Gasteiger partial charge is 0.261 e. The third kappa shape index (κ3) is 5.49. The second-order valence-corrected chi connectivity index (χ2v) is 6.35. The van der Waals surface area contributed by atoms with Crippen molar-refractivity contribution in [2.45, 2.75) is 39.3 Å². The molecule has 0 aliphatic rings. The van der Waals surface area contributed by atoms with Crippen LogP contribution in [-0.2, 0) is 9.59 Å². The number of nitrogens with one attached hydrogen (secondary N) is 2. The van der Waals surface area contributed by atoms with Gasteiger partial charge in [-0.1, -0.05) is 42.8 Å². The van der Waals surface area contributed by atoms with Crippen molar-refractivity contribution in [3.8, 4) is 5.75 Å². The topological polar surface area (TPSA) is 67.4 Å². The van der Waals surface area contributed by atoms with Crippen LogP contribution in [0.2, 0.25) is 5.02 Å². The molecule has 2 aromatic rings. The van der Waals surface area contributed by atoms with Gasteiger partial charge in [-0.05, 0) is 43.7 Å². The lowest BCUT2D eigenvalue weighted by molar-refractivity contribution is -0.128. The van der Waals surface area contributed by atoms with Crippen molar-refractivity contribution in [1.29, 1.82) is 0 Å². The maximum Gasteiger partial charge on any atom is 0.261 e. The molecule has 2 rings (SSSR count). The highest BCUT2D eigenvalue weighted by Crippen LogP contribution is 2.24. The maximum absolute atomic E-state index is 12.4. The summed E-state index contributed by atoms with van der Waals surface area (Å²) in [6.45, 7) is 5.36. The second kappa shape index (κ2) is 9.25. The van der Waals surface area contributed by atoms with Crippen molar-refractivity contribution in [1.82, 2.24) is 5.32 Å². The number of hydrogen-bond acceptors (Lipinski definition) is 3. The number of halogens is 1. The summed E-state index contributed by atoms with van der Waals surface area (Å²) in [6, 6.07) is 14.2. The zero-order chi connectivity index (χ0) is 19.1. The van der Waals surface area contributed by atoms with Gasteiger partial charge in [-0.2, -0.15) is 0 Å². The normalized spacial score (nSPS) is 12.8. The predicted octanol–water partition coefficient (Wildman–Crippen LogP) is 4.33. The Kier molecular flexibility index (Phi) is 7.04. The molecule has 6 heteroatoms. The standard InChI is InChI=1S/C20H23ClN2O3/c1-4-19(24)23-16-11-9-15(10-12-16)13(2)22-20(25)14(3)26-18-8-6-5-7-17(18)21/h5-14H,4H2,1-3H3,(H,22,25)(H,23,24). The number of para-hydroxylation sites is 1. The molecule has 0 aliphatic carbocycles. The minimum atomic E-state index is -0.680. The van der Waals surface area contributed by atoms with Gasteiger partial charge in [-0.15, -0.1) is 0 Å². The molecule has 2 N–H and O–H groups in total. The second-order valence-electron chi connectivity index (χ2n) is 5.94. The van der Waals surface area contributed by atoms with Crippen molar-refractivity contribution in [3.05, 3.63) is 59.1 Å². The molecule has 0 saturated carbocycles. The quantitative estimate of drug-likeness (QED) is 0.757. The third-order valence-electron chi connectivity index (χ3n) is 3.88. The minimum absolute atomic E-state index is 0.0374. The van der Waals surface area contributed by atoms with Gasteiger partial charge in [0.15, 0.2) is 6.10 Å². The van der Waals surface area contributed by atoms with Gasteiger partial charge in [0, 0.05) is 12.1 Å². The maximum atomic E-state index is 12.4. The first-order valence-corrected chi connectivity index (χ1v) is 8.90. The van der Waals surface area contributed by atoms with E-state index >= 15 is 0 Å². The molecule has 0 bridgehead atoms. The summed E-state index contributed by atoms with van der Waals surface area (Å²) in [5.41, 5.74) is 1.66. The number of anilines is 1. The summed E-state index contributed by atoms with van der Waals surface area (Å²) in [5, 5.41) is 6.17. The first-order chi connectivity index (χ1) is 12.4. The lowest BCUT2D eigenvalue weighted by atomic mass is 10.1. The summed E-state index contributed by atoms with van der Waals surface area (Å²) < 4.78 is 5.63. The van der Waals surface area contributed by atoms with Crippen molar-refractivity contribution in [2.75, 3.05) is 5.32 Å². The highest BCUT2D eigenvalue weighted by Gasteiger charge is 2.18. The molecule has 0 spiro atoms. The summed E-state index contributed by atoms with van der Waals surface area (Å²) in [6.07, 6.45) is -0.252. The van der Waals surface area contributed by atoms with E-state index in [1.54, 1.807) is 38.1 Å². The molecule has 2 aromatic carbocycles. The Bertz CT molecular complexity index is 762. The monoisotopic (exact) mass is 374 g/mol. The zero-order valence-corrected chi connectivity index (χ0v) is 15.8. The highest BCUT2D eigenvalue weighted by atomic mass is 35.5. The van der Waals surface area contributed by atoms with E-state index in [-0.39, 0.29) is 17.9 Å². The number of benzene rings is 2. The van der Waals surface area contributed by atoms with Gasteiger partial charge in [0.25, 0.3) is 5.91 Å². The molecule has 0 heterocycles. The van der Waals surface area contributed by atoms with E-state index in [0.29, 0.717) is 17.2 Å². The Morgan fingerprint density at radius 2 is 1.73 bits per heavy atom. The Morgan fingerprint density at radius 3 is 2.35 bits per heavy atom. The molecule has 2 amide bonds. The van der Waals surface area contributed by atoms with Crippen LogP contribution >= 0.6 is 11.6 Å². The van der Waals surface area contributed by atoms with E-state index in [2.05, 4.69) is 10.6 Å². The van der Waals surface area contributed by atoms with Gasteiger partial charge in [-0.25, -0.2) is 0 Å². The molecule has 0 fully saturated rings. The lowest BCUT2D eigenvalue weighted by Gasteiger charge is -2.19. The van der Waals surface area contributed by atoms with Crippen molar-refractivity contribution >= 4 is 29.1 Å². The van der Waals surface area contributed by atoms with Gasteiger partial charge in [0.1, 0.15) is 5.75 Å². The number of carbonyl (C=O) groups is 2. The predicted molar refractivity (Wildman–Crippen MR) is 103 cm³/mol. The van der Waals surface area contributed by atoms with E-state index in [4.69, 9.17) is 16.3 Å². The molecule has 0 aliphatic heterocycles. The fourth-order valence-corrected chi connectivity index (χ4v) is 2.48. The van der Waals surface area contributed by atoms with Crippen LogP contribution in [0.1, 0.15) is 38.8 Å². The number of hydrogen-bond donors (Lipinski definition) is 2. The molecule has 0 aromatic heterocycles. The van der Waals surface area contributed by atoms with E-state index in [1.807, 2.05) is 31.2 Å². The summed E-state index contributed by atoms with van der Waals surface area (Å²) in [7, 11) is 0. The van der Waals surface area contributed by atoms with Crippen LogP contribution in [0.5, 0.6) is 5.75 Å². The Hall–Kier alpha value is -2.53. The van der Waals surface area contributed by atoms with E-state index in [0.717, 1.165) is 11.3 Å². The van der Waals surface area contributed by atoms with Gasteiger partial charge in [0.05, 0.1) is 11.1 Å². The molecule has 0 saturated heterocycles. The average molecular weight is 375 g/mol. The van der Waals surface area contributed by atoms with E-state index in [9.17, 15) is 9.59 Å². The number of ether oxygens (including phenoxy) is 1. The molecule has 2 atom stereocenters. The van der Waals surface area contributed by atoms with Gasteiger partial charge in [-0.3, -0.25) is 9.59 Å². The largest absolute Gasteiger partial charge is 0.479 e. The van der Waals surface area contributed by atoms with Crippen LogP contribution in [0.4, 0.5) is 5.69 Å². The number of rotatable bonds is 7. The third-order valence-corrected chi connectivity index (χ3v) is 4.20. The molecule has 5 nitrogen and oxygen atoms in total. The SMILES string of the molecule is CCC(=O)Nc1ccc(C(C)NC(=O)C(C)Oc2ccccc2Cl)cc1. The van der Waals surface area contributed by atoms with Gasteiger partial charge < -0.3 is 15.4 Å². The molecular formula is C20H23ClN2O3. The van der Waals surface area contributed by atoms with Crippen molar-refractivity contribution < 1.29 is 14.3 Å². The Balaban J connectivity index is 1.93. The van der Waals surface area contributed by atoms with Gasteiger partial charge in [0.2, 0.25) is 5.91 Å². The Labute approximate surface area is 158 Å². The van der Waals surface area contributed by atoms with E-state index in [1.165, 1.54) is 0 Å². The van der Waals surface area contributed by atoms with Crippen LogP contribution in [0, 0.1) is 0 Å². The number of carbonyl (C=O) groups excluding carboxylic acids is 2. The molecule has 138 valence electrons. The molecule has 2 unspecified atom stereocenters. The highest BCUT2D eigenvalue weighted by molar-refractivity contribution is 6.32. The first-order valence-electron chi connectivity index (χ1n) is 8.52. The molecule has 0 radical (unpaired) electrons. The van der Waals surface area contributed by atoms with Crippen LogP contribution in [0.25, 0.3) is 0 Å². The Morgan fingerprint density at radius 1 is 1.08 bits per heavy atom. The molecule has 26 heavy (non-hydrogen) atoms. The van der Waals surface area contributed by atoms with Crippen LogP contribution in [-0.4, -0.2) is 17.9 Å². The van der Waals surface area contributed by atoms with Crippen LogP contribution < -0.4 is 15.4 Å². The van der Waals surface area contributed by atoms with Crippen molar-refractivity contribution in [2.24, 2.45) is 0 Å². The first kappa shape index (κ1) is 19.8. The summed E-state index contributed by atoms with van der Waals surface area (Å²) in [5.74, 6) is 0.200. The van der Waals surface area contributed by atoms with Crippen LogP contribution in [0.15, 0.2) is 48.5 Å².